The molecule has 1 saturated heterocycles. The molecule has 2 aliphatic carbocycles. The van der Waals surface area contributed by atoms with Gasteiger partial charge in [-0.15, -0.1) is 11.3 Å². The monoisotopic (exact) mass is 361 g/mol. The molecule has 0 atom stereocenters. The molecule has 3 aliphatic rings. The zero-order chi connectivity index (χ0) is 17.3. The largest absolute Gasteiger partial charge is 0.326 e. The fourth-order valence-electron chi connectivity index (χ4n) is 4.17. The summed E-state index contributed by atoms with van der Waals surface area (Å²) in [5, 5.41) is 5.15. The standard InChI is InChI=1S/C19H27N3O2S/c23-17-19(10-4-2-1-3-5-11-19)20-18(24)22(17)14-21(15-8-9-15)13-16-7-6-12-25-16/h6-7,12,15H,1-5,8-11,13-14H2,(H,20,24). The highest BCUT2D eigenvalue weighted by Gasteiger charge is 2.51. The van der Waals surface area contributed by atoms with Crippen molar-refractivity contribution in [3.05, 3.63) is 22.4 Å². The molecule has 0 aromatic carbocycles. The number of nitrogens with zero attached hydrogens (tertiary/aromatic N) is 2. The van der Waals surface area contributed by atoms with Crippen LogP contribution in [0.15, 0.2) is 17.5 Å². The van der Waals surface area contributed by atoms with Crippen molar-refractivity contribution >= 4 is 23.3 Å². The first kappa shape index (κ1) is 17.0. The number of amides is 3. The SMILES string of the molecule is O=C1NC2(CCCCCCC2)C(=O)N1CN(Cc1cccs1)C1CC1. The van der Waals surface area contributed by atoms with Gasteiger partial charge in [0.2, 0.25) is 0 Å². The Labute approximate surface area is 153 Å². The number of thiophene rings is 1. The molecule has 25 heavy (non-hydrogen) atoms. The third-order valence-corrected chi connectivity index (χ3v) is 6.64. The van der Waals surface area contributed by atoms with Crippen LogP contribution < -0.4 is 5.32 Å². The van der Waals surface area contributed by atoms with Gasteiger partial charge in [0.1, 0.15) is 5.54 Å². The Morgan fingerprint density at radius 1 is 1.16 bits per heavy atom. The fraction of sp³-hybridized carbons (Fsp3) is 0.684. The minimum Gasteiger partial charge on any atom is -0.323 e. The van der Waals surface area contributed by atoms with Crippen LogP contribution in [0.2, 0.25) is 0 Å². The lowest BCUT2D eigenvalue weighted by Crippen LogP contribution is -2.48. The van der Waals surface area contributed by atoms with Gasteiger partial charge in [-0.1, -0.05) is 38.2 Å². The number of nitrogens with one attached hydrogen (secondary N) is 1. The molecule has 4 rings (SSSR count). The summed E-state index contributed by atoms with van der Waals surface area (Å²) in [6.45, 7) is 1.25. The van der Waals surface area contributed by atoms with Gasteiger partial charge in [0, 0.05) is 17.5 Å². The van der Waals surface area contributed by atoms with Crippen LogP contribution in [0.1, 0.15) is 62.7 Å². The molecule has 1 aromatic heterocycles. The third-order valence-electron chi connectivity index (χ3n) is 5.78. The van der Waals surface area contributed by atoms with Crippen LogP contribution in [0, 0.1) is 0 Å². The van der Waals surface area contributed by atoms with Crippen LogP contribution in [0.5, 0.6) is 0 Å². The van der Waals surface area contributed by atoms with E-state index in [1.807, 2.05) is 0 Å². The van der Waals surface area contributed by atoms with Crippen LogP contribution in [0.25, 0.3) is 0 Å². The number of hydrogen-bond donors (Lipinski definition) is 1. The maximum Gasteiger partial charge on any atom is 0.326 e. The van der Waals surface area contributed by atoms with Crippen molar-refractivity contribution in [2.45, 2.75) is 75.9 Å². The third kappa shape index (κ3) is 3.60. The summed E-state index contributed by atoms with van der Waals surface area (Å²) in [5.74, 6) is 0.0104. The molecule has 5 nitrogen and oxygen atoms in total. The van der Waals surface area contributed by atoms with Gasteiger partial charge in [0.25, 0.3) is 5.91 Å². The summed E-state index contributed by atoms with van der Waals surface area (Å²) in [7, 11) is 0. The molecular formula is C19H27N3O2S. The molecule has 1 aromatic rings. The summed E-state index contributed by atoms with van der Waals surface area (Å²) in [6.07, 6.45) is 9.56. The molecular weight excluding hydrogens is 334 g/mol. The number of imide groups is 1. The number of rotatable bonds is 5. The van der Waals surface area contributed by atoms with Gasteiger partial charge in [0.05, 0.1) is 6.67 Å². The summed E-state index contributed by atoms with van der Waals surface area (Å²) in [4.78, 5) is 30.8. The van der Waals surface area contributed by atoms with E-state index in [9.17, 15) is 9.59 Å². The minimum atomic E-state index is -0.629. The summed E-state index contributed by atoms with van der Waals surface area (Å²) in [5.41, 5.74) is -0.629. The number of urea groups is 1. The van der Waals surface area contributed by atoms with Crippen LogP contribution in [0.3, 0.4) is 0 Å². The molecule has 0 unspecified atom stereocenters. The van der Waals surface area contributed by atoms with E-state index >= 15 is 0 Å². The predicted molar refractivity (Wildman–Crippen MR) is 98.2 cm³/mol. The summed E-state index contributed by atoms with van der Waals surface area (Å²) in [6, 6.07) is 4.50. The maximum absolute atomic E-state index is 13.2. The van der Waals surface area contributed by atoms with E-state index in [-0.39, 0.29) is 11.9 Å². The zero-order valence-corrected chi connectivity index (χ0v) is 15.5. The lowest BCUT2D eigenvalue weighted by atomic mass is 9.84. The Morgan fingerprint density at radius 2 is 1.88 bits per heavy atom. The zero-order valence-electron chi connectivity index (χ0n) is 14.7. The van der Waals surface area contributed by atoms with Crippen LogP contribution >= 0.6 is 11.3 Å². The molecule has 2 heterocycles. The highest BCUT2D eigenvalue weighted by molar-refractivity contribution is 7.09. The molecule has 1 aliphatic heterocycles. The Hall–Kier alpha value is -1.40. The van der Waals surface area contributed by atoms with E-state index in [4.69, 9.17) is 0 Å². The lowest BCUT2D eigenvalue weighted by molar-refractivity contribution is -0.133. The maximum atomic E-state index is 13.2. The Bertz CT molecular complexity index is 619. The van der Waals surface area contributed by atoms with Crippen molar-refractivity contribution < 1.29 is 9.59 Å². The van der Waals surface area contributed by atoms with E-state index in [2.05, 4.69) is 27.7 Å². The van der Waals surface area contributed by atoms with E-state index in [1.165, 1.54) is 29.0 Å². The molecule has 6 heteroatoms. The second-order valence-electron chi connectivity index (χ2n) is 7.71. The first-order valence-electron chi connectivity index (χ1n) is 9.58. The molecule has 2 saturated carbocycles. The van der Waals surface area contributed by atoms with Gasteiger partial charge in [-0.05, 0) is 37.1 Å². The highest BCUT2D eigenvalue weighted by Crippen LogP contribution is 2.34. The van der Waals surface area contributed by atoms with Crippen molar-refractivity contribution in [3.63, 3.8) is 0 Å². The topological polar surface area (TPSA) is 52.7 Å². The smallest absolute Gasteiger partial charge is 0.323 e. The van der Waals surface area contributed by atoms with E-state index in [0.717, 1.165) is 45.1 Å². The molecule has 0 bridgehead atoms. The summed E-state index contributed by atoms with van der Waals surface area (Å²) >= 11 is 1.74. The van der Waals surface area contributed by atoms with Crippen molar-refractivity contribution in [2.24, 2.45) is 0 Å². The van der Waals surface area contributed by atoms with E-state index in [1.54, 1.807) is 11.3 Å². The van der Waals surface area contributed by atoms with Gasteiger partial charge in [-0.3, -0.25) is 9.69 Å². The lowest BCUT2D eigenvalue weighted by Gasteiger charge is -2.30. The van der Waals surface area contributed by atoms with Gasteiger partial charge in [-0.2, -0.15) is 0 Å². The molecule has 1 spiro atoms. The van der Waals surface area contributed by atoms with Crippen molar-refractivity contribution in [2.75, 3.05) is 6.67 Å². The Balaban J connectivity index is 1.47. The number of carbonyl (C=O) groups excluding carboxylic acids is 2. The van der Waals surface area contributed by atoms with Gasteiger partial charge in [0.15, 0.2) is 0 Å². The van der Waals surface area contributed by atoms with Crippen LogP contribution in [-0.2, 0) is 11.3 Å². The Morgan fingerprint density at radius 3 is 2.52 bits per heavy atom. The van der Waals surface area contributed by atoms with Crippen molar-refractivity contribution in [3.8, 4) is 0 Å². The van der Waals surface area contributed by atoms with Gasteiger partial charge >= 0.3 is 6.03 Å². The van der Waals surface area contributed by atoms with Crippen LogP contribution in [0.4, 0.5) is 4.79 Å². The number of hydrogen-bond acceptors (Lipinski definition) is 4. The normalized spacial score (nSPS) is 23.8. The molecule has 1 N–H and O–H groups in total. The van der Waals surface area contributed by atoms with Crippen LogP contribution in [-0.4, -0.2) is 40.0 Å². The minimum absolute atomic E-state index is 0.0104. The average Bonchev–Trinajstić information content (AvgIpc) is 3.24. The van der Waals surface area contributed by atoms with Crippen molar-refractivity contribution in [1.82, 2.24) is 15.1 Å². The second-order valence-corrected chi connectivity index (χ2v) is 8.74. The molecule has 3 fully saturated rings. The van der Waals surface area contributed by atoms with E-state index in [0.29, 0.717) is 12.7 Å². The first-order chi connectivity index (χ1) is 12.2. The molecule has 3 amide bonds. The second kappa shape index (κ2) is 7.08. The van der Waals surface area contributed by atoms with Gasteiger partial charge in [-0.25, -0.2) is 9.69 Å². The highest BCUT2D eigenvalue weighted by atomic mass is 32.1. The number of carbonyl (C=O) groups is 2. The Kier molecular flexibility index (Phi) is 4.82. The fourth-order valence-corrected chi connectivity index (χ4v) is 4.90. The van der Waals surface area contributed by atoms with E-state index < -0.39 is 5.54 Å². The first-order valence-corrected chi connectivity index (χ1v) is 10.5. The average molecular weight is 362 g/mol. The van der Waals surface area contributed by atoms with Gasteiger partial charge < -0.3 is 5.32 Å². The summed E-state index contributed by atoms with van der Waals surface area (Å²) < 4.78 is 0. The van der Waals surface area contributed by atoms with Crippen molar-refractivity contribution in [1.29, 1.82) is 0 Å². The molecule has 0 radical (unpaired) electrons. The molecule has 136 valence electrons. The quantitative estimate of drug-likeness (QED) is 0.814. The predicted octanol–water partition coefficient (Wildman–Crippen LogP) is 3.70.